The van der Waals surface area contributed by atoms with Crippen molar-refractivity contribution in [2.75, 3.05) is 12.4 Å². The zero-order chi connectivity index (χ0) is 12.6. The number of alkyl halides is 4. The minimum atomic E-state index is -4.50. The fourth-order valence-electron chi connectivity index (χ4n) is 1.83. The summed E-state index contributed by atoms with van der Waals surface area (Å²) < 4.78 is 37.8. The molecule has 0 aliphatic carbocycles. The number of nitrogens with zero attached hydrogens (tertiary/aromatic N) is 2. The molecule has 0 aromatic carbocycles. The lowest BCUT2D eigenvalue weighted by atomic mass is 10.1. The number of carbonyl (C=O) groups is 1. The Hall–Kier alpha value is -1.24. The van der Waals surface area contributed by atoms with Gasteiger partial charge in [-0.3, -0.25) is 9.89 Å². The van der Waals surface area contributed by atoms with Crippen LogP contribution in [-0.2, 0) is 23.9 Å². The lowest BCUT2D eigenvalue weighted by Gasteiger charge is -2.26. The predicted octanol–water partition coefficient (Wildman–Crippen LogP) is 1.55. The fourth-order valence-corrected chi connectivity index (χ4v) is 2.00. The number of H-pyrrole nitrogens is 1. The van der Waals surface area contributed by atoms with E-state index in [1.165, 1.54) is 4.90 Å². The van der Waals surface area contributed by atoms with Gasteiger partial charge < -0.3 is 4.90 Å². The number of amides is 1. The van der Waals surface area contributed by atoms with Gasteiger partial charge in [0.05, 0.1) is 0 Å². The summed E-state index contributed by atoms with van der Waals surface area (Å²) in [6, 6.07) is 0. The first-order valence-electron chi connectivity index (χ1n) is 4.90. The van der Waals surface area contributed by atoms with Crippen LogP contribution in [0.15, 0.2) is 0 Å². The Labute approximate surface area is 99.7 Å². The zero-order valence-electron chi connectivity index (χ0n) is 8.64. The van der Waals surface area contributed by atoms with Gasteiger partial charge >= 0.3 is 6.18 Å². The molecule has 1 aliphatic rings. The highest BCUT2D eigenvalue weighted by Gasteiger charge is 2.39. The second-order valence-corrected chi connectivity index (χ2v) is 3.99. The summed E-state index contributed by atoms with van der Waals surface area (Å²) in [5.41, 5.74) is -0.460. The van der Waals surface area contributed by atoms with Crippen molar-refractivity contribution in [3.63, 3.8) is 0 Å². The first-order valence-corrected chi connectivity index (χ1v) is 5.44. The molecule has 8 heteroatoms. The maximum atomic E-state index is 12.6. The van der Waals surface area contributed by atoms with E-state index in [0.29, 0.717) is 18.7 Å². The van der Waals surface area contributed by atoms with Crippen molar-refractivity contribution in [2.24, 2.45) is 0 Å². The lowest BCUT2D eigenvalue weighted by molar-refractivity contribution is -0.143. The number of rotatable bonds is 1. The molecule has 1 aromatic rings. The molecule has 1 N–H and O–H groups in total. The van der Waals surface area contributed by atoms with Crippen molar-refractivity contribution < 1.29 is 18.0 Å². The molecule has 0 spiro atoms. The average molecular weight is 268 g/mol. The Morgan fingerprint density at radius 3 is 2.82 bits per heavy atom. The molecular weight excluding hydrogens is 259 g/mol. The highest BCUT2D eigenvalue weighted by molar-refractivity contribution is 6.27. The molecule has 0 saturated carbocycles. The van der Waals surface area contributed by atoms with E-state index in [0.717, 1.165) is 0 Å². The maximum Gasteiger partial charge on any atom is 0.435 e. The molecule has 1 amide bonds. The first-order chi connectivity index (χ1) is 7.93. The van der Waals surface area contributed by atoms with Crippen LogP contribution in [-0.4, -0.2) is 33.4 Å². The van der Waals surface area contributed by atoms with Crippen LogP contribution in [0.1, 0.15) is 17.0 Å². The van der Waals surface area contributed by atoms with E-state index in [1.54, 1.807) is 0 Å². The molecule has 17 heavy (non-hydrogen) atoms. The lowest BCUT2D eigenvalue weighted by Crippen LogP contribution is -2.37. The van der Waals surface area contributed by atoms with Crippen molar-refractivity contribution >= 4 is 17.5 Å². The Morgan fingerprint density at radius 2 is 2.24 bits per heavy atom. The fraction of sp³-hybridized carbons (Fsp3) is 0.556. The third kappa shape index (κ3) is 2.24. The van der Waals surface area contributed by atoms with Gasteiger partial charge in [0, 0.05) is 30.8 Å². The second-order valence-electron chi connectivity index (χ2n) is 3.73. The molecule has 0 saturated heterocycles. The summed E-state index contributed by atoms with van der Waals surface area (Å²) >= 11 is 5.38. The van der Waals surface area contributed by atoms with E-state index < -0.39 is 11.9 Å². The summed E-state index contributed by atoms with van der Waals surface area (Å²) in [6.45, 7) is 0.268. The van der Waals surface area contributed by atoms with Gasteiger partial charge in [-0.05, 0) is 0 Å². The smallest absolute Gasteiger partial charge is 0.337 e. The highest BCUT2D eigenvalue weighted by Crippen LogP contribution is 2.33. The van der Waals surface area contributed by atoms with Crippen LogP contribution in [0.5, 0.6) is 0 Å². The summed E-state index contributed by atoms with van der Waals surface area (Å²) in [7, 11) is 0. The highest BCUT2D eigenvalue weighted by atomic mass is 35.5. The minimum absolute atomic E-state index is 0.0437. The topological polar surface area (TPSA) is 49.0 Å². The summed E-state index contributed by atoms with van der Waals surface area (Å²) in [5.74, 6) is -0.596. The van der Waals surface area contributed by atoms with Crippen LogP contribution in [0.3, 0.4) is 0 Å². The molecule has 0 bridgehead atoms. The van der Waals surface area contributed by atoms with Gasteiger partial charge in [0.25, 0.3) is 0 Å². The summed E-state index contributed by atoms with van der Waals surface area (Å²) in [4.78, 5) is 12.6. The van der Waals surface area contributed by atoms with Gasteiger partial charge in [0.1, 0.15) is 5.88 Å². The summed E-state index contributed by atoms with van der Waals surface area (Å²) in [5, 5.41) is 5.64. The molecular formula is C9H9ClF3N3O. The van der Waals surface area contributed by atoms with Crippen molar-refractivity contribution in [2.45, 2.75) is 19.1 Å². The average Bonchev–Trinajstić information content (AvgIpc) is 2.70. The SMILES string of the molecule is O=C(CCl)N1CCc2[nH]nc(C(F)(F)F)c2C1. The first kappa shape index (κ1) is 12.2. The predicted molar refractivity (Wildman–Crippen MR) is 53.4 cm³/mol. The van der Waals surface area contributed by atoms with Gasteiger partial charge in [-0.1, -0.05) is 0 Å². The van der Waals surface area contributed by atoms with Crippen LogP contribution in [0, 0.1) is 0 Å². The van der Waals surface area contributed by atoms with Crippen LogP contribution in [0.2, 0.25) is 0 Å². The van der Waals surface area contributed by atoms with Crippen molar-refractivity contribution in [1.82, 2.24) is 15.1 Å². The van der Waals surface area contributed by atoms with Crippen molar-refractivity contribution in [3.05, 3.63) is 17.0 Å². The Morgan fingerprint density at radius 1 is 1.53 bits per heavy atom. The number of hydrogen-bond donors (Lipinski definition) is 1. The van der Waals surface area contributed by atoms with E-state index in [1.807, 2.05) is 0 Å². The Kier molecular flexibility index (Phi) is 3.03. The van der Waals surface area contributed by atoms with E-state index in [2.05, 4.69) is 10.2 Å². The second kappa shape index (κ2) is 4.21. The monoisotopic (exact) mass is 267 g/mol. The quantitative estimate of drug-likeness (QED) is 0.785. The third-order valence-electron chi connectivity index (χ3n) is 2.67. The molecule has 0 fully saturated rings. The minimum Gasteiger partial charge on any atom is -0.337 e. The zero-order valence-corrected chi connectivity index (χ0v) is 9.40. The summed E-state index contributed by atoms with van der Waals surface area (Å²) in [6.07, 6.45) is -4.17. The number of nitrogens with one attached hydrogen (secondary N) is 1. The molecule has 2 heterocycles. The van der Waals surface area contributed by atoms with E-state index in [9.17, 15) is 18.0 Å². The van der Waals surface area contributed by atoms with Crippen LogP contribution in [0.4, 0.5) is 13.2 Å². The van der Waals surface area contributed by atoms with Gasteiger partial charge in [0.15, 0.2) is 5.69 Å². The maximum absolute atomic E-state index is 12.6. The van der Waals surface area contributed by atoms with E-state index >= 15 is 0 Å². The van der Waals surface area contributed by atoms with Crippen molar-refractivity contribution in [3.8, 4) is 0 Å². The molecule has 94 valence electrons. The number of aromatic nitrogens is 2. The Bertz CT molecular complexity index is 443. The molecule has 2 rings (SSSR count). The molecule has 1 aromatic heterocycles. The van der Waals surface area contributed by atoms with Gasteiger partial charge in [0.2, 0.25) is 5.91 Å². The number of hydrogen-bond acceptors (Lipinski definition) is 2. The van der Waals surface area contributed by atoms with Gasteiger partial charge in [-0.15, -0.1) is 11.6 Å². The van der Waals surface area contributed by atoms with Crippen LogP contribution in [0.25, 0.3) is 0 Å². The number of aromatic amines is 1. The molecule has 0 radical (unpaired) electrons. The largest absolute Gasteiger partial charge is 0.435 e. The number of halogens is 4. The van der Waals surface area contributed by atoms with Crippen LogP contribution >= 0.6 is 11.6 Å². The Balaban J connectivity index is 2.29. The molecule has 0 atom stereocenters. The van der Waals surface area contributed by atoms with Gasteiger partial charge in [-0.2, -0.15) is 18.3 Å². The third-order valence-corrected chi connectivity index (χ3v) is 2.90. The normalized spacial score (nSPS) is 15.9. The molecule has 4 nitrogen and oxygen atoms in total. The van der Waals surface area contributed by atoms with Crippen LogP contribution < -0.4 is 0 Å². The number of carbonyl (C=O) groups excluding carboxylic acids is 1. The molecule has 0 unspecified atom stereocenters. The van der Waals surface area contributed by atoms with Gasteiger partial charge in [-0.25, -0.2) is 0 Å². The number of fused-ring (bicyclic) bond motifs is 1. The standard InChI is InChI=1S/C9H9ClF3N3O/c10-3-7(17)16-2-1-6-5(4-16)8(15-14-6)9(11,12)13/h1-4H2,(H,14,15). The molecule has 1 aliphatic heterocycles. The van der Waals surface area contributed by atoms with Crippen molar-refractivity contribution in [1.29, 1.82) is 0 Å². The van der Waals surface area contributed by atoms with E-state index in [4.69, 9.17) is 11.6 Å². The van der Waals surface area contributed by atoms with E-state index in [-0.39, 0.29) is 23.9 Å².